The quantitative estimate of drug-likeness (QED) is 0.168. The van der Waals surface area contributed by atoms with Crippen LogP contribution < -0.4 is 0 Å². The average Bonchev–Trinajstić information content (AvgIpc) is 3.77. The Morgan fingerprint density at radius 1 is 0.262 bits per heavy atom. The van der Waals surface area contributed by atoms with Gasteiger partial charge in [0.2, 0.25) is 0 Å². The van der Waals surface area contributed by atoms with Crippen molar-refractivity contribution in [3.05, 3.63) is 224 Å². The SMILES string of the molecule is c1ccc(-c2ccc3ccc(-c4ccc(-c5nc(-c6c(-c7cccc8ccccc78)ccc7ccccc67)nc(-c6cccc7c6oc6ccccc67)n5)c5ccccc45)cc3c2)cc1. The van der Waals surface area contributed by atoms with Crippen molar-refractivity contribution in [2.45, 2.75) is 0 Å². The van der Waals surface area contributed by atoms with Crippen LogP contribution in [0.1, 0.15) is 0 Å². The van der Waals surface area contributed by atoms with Crippen molar-refractivity contribution in [2.75, 3.05) is 0 Å². The highest BCUT2D eigenvalue weighted by molar-refractivity contribution is 6.11. The molecule has 0 N–H and O–H groups in total. The van der Waals surface area contributed by atoms with E-state index in [1.54, 1.807) is 0 Å². The van der Waals surface area contributed by atoms with Crippen molar-refractivity contribution in [3.63, 3.8) is 0 Å². The molecule has 13 aromatic rings. The highest BCUT2D eigenvalue weighted by Crippen LogP contribution is 2.43. The van der Waals surface area contributed by atoms with Crippen molar-refractivity contribution in [2.24, 2.45) is 0 Å². The summed E-state index contributed by atoms with van der Waals surface area (Å²) in [5.74, 6) is 1.72. The first kappa shape index (κ1) is 36.9. The van der Waals surface area contributed by atoms with E-state index >= 15 is 0 Å². The summed E-state index contributed by atoms with van der Waals surface area (Å²) in [6.07, 6.45) is 0. The lowest BCUT2D eigenvalue weighted by atomic mass is 9.90. The van der Waals surface area contributed by atoms with E-state index < -0.39 is 0 Å². The Bertz CT molecular complexity index is 4010. The summed E-state index contributed by atoms with van der Waals surface area (Å²) in [4.78, 5) is 16.4. The zero-order valence-corrected chi connectivity index (χ0v) is 35.1. The molecule has 2 aromatic heterocycles. The van der Waals surface area contributed by atoms with Crippen LogP contribution in [0.4, 0.5) is 0 Å². The van der Waals surface area contributed by atoms with Gasteiger partial charge >= 0.3 is 0 Å². The molecular formula is C61H37N3O. The van der Waals surface area contributed by atoms with E-state index in [-0.39, 0.29) is 0 Å². The largest absolute Gasteiger partial charge is 0.455 e. The van der Waals surface area contributed by atoms with E-state index in [0.717, 1.165) is 82.4 Å². The van der Waals surface area contributed by atoms with Crippen LogP contribution in [-0.2, 0) is 0 Å². The maximum absolute atomic E-state index is 6.64. The number of rotatable bonds is 6. The molecule has 13 rings (SSSR count). The molecule has 4 nitrogen and oxygen atoms in total. The maximum Gasteiger partial charge on any atom is 0.167 e. The molecule has 2 heterocycles. The minimum Gasteiger partial charge on any atom is -0.455 e. The zero-order chi connectivity index (χ0) is 42.8. The molecule has 302 valence electrons. The van der Waals surface area contributed by atoms with Crippen LogP contribution >= 0.6 is 0 Å². The molecular weight excluding hydrogens is 791 g/mol. The molecule has 0 spiro atoms. The topological polar surface area (TPSA) is 51.8 Å². The molecule has 0 fully saturated rings. The third-order valence-electron chi connectivity index (χ3n) is 12.9. The van der Waals surface area contributed by atoms with E-state index in [2.05, 4.69) is 206 Å². The summed E-state index contributed by atoms with van der Waals surface area (Å²) < 4.78 is 6.64. The molecule has 4 heteroatoms. The molecule has 0 saturated heterocycles. The van der Waals surface area contributed by atoms with Crippen molar-refractivity contribution in [1.82, 2.24) is 15.0 Å². The summed E-state index contributed by atoms with van der Waals surface area (Å²) in [6, 6.07) is 79.5. The molecule has 0 radical (unpaired) electrons. The van der Waals surface area contributed by atoms with E-state index in [4.69, 9.17) is 19.4 Å². The summed E-state index contributed by atoms with van der Waals surface area (Å²) in [7, 11) is 0. The van der Waals surface area contributed by atoms with Gasteiger partial charge in [-0.25, -0.2) is 15.0 Å². The van der Waals surface area contributed by atoms with Crippen LogP contribution in [0, 0.1) is 0 Å². The monoisotopic (exact) mass is 827 g/mol. The molecule has 0 aliphatic rings. The Morgan fingerprint density at radius 2 is 0.800 bits per heavy atom. The molecule has 0 amide bonds. The Balaban J connectivity index is 1.06. The highest BCUT2D eigenvalue weighted by Gasteiger charge is 2.23. The van der Waals surface area contributed by atoms with Crippen molar-refractivity contribution in [1.29, 1.82) is 0 Å². The fraction of sp³-hybridized carbons (Fsp3) is 0. The third-order valence-corrected chi connectivity index (χ3v) is 12.9. The lowest BCUT2D eigenvalue weighted by molar-refractivity contribution is 0.669. The van der Waals surface area contributed by atoms with Gasteiger partial charge in [-0.3, -0.25) is 0 Å². The lowest BCUT2D eigenvalue weighted by Crippen LogP contribution is -2.02. The van der Waals surface area contributed by atoms with Crippen molar-refractivity contribution >= 4 is 65.0 Å². The lowest BCUT2D eigenvalue weighted by Gasteiger charge is -2.17. The molecule has 0 atom stereocenters. The van der Waals surface area contributed by atoms with Gasteiger partial charge in [0.25, 0.3) is 0 Å². The van der Waals surface area contributed by atoms with Gasteiger partial charge in [-0.2, -0.15) is 0 Å². The first-order valence-corrected chi connectivity index (χ1v) is 22.0. The van der Waals surface area contributed by atoms with Crippen LogP contribution in [0.25, 0.3) is 133 Å². The van der Waals surface area contributed by atoms with Gasteiger partial charge < -0.3 is 4.42 Å². The third kappa shape index (κ3) is 6.18. The number of aromatic nitrogens is 3. The van der Waals surface area contributed by atoms with Gasteiger partial charge in [0.05, 0.1) is 5.56 Å². The molecule has 0 unspecified atom stereocenters. The van der Waals surface area contributed by atoms with Gasteiger partial charge in [-0.05, 0) is 107 Å². The number of hydrogen-bond donors (Lipinski definition) is 0. The number of hydrogen-bond acceptors (Lipinski definition) is 4. The Labute approximate surface area is 374 Å². The van der Waals surface area contributed by atoms with Crippen molar-refractivity contribution in [3.8, 4) is 67.5 Å². The van der Waals surface area contributed by atoms with Crippen LogP contribution in [0.3, 0.4) is 0 Å². The molecule has 11 aromatic carbocycles. The number of para-hydroxylation sites is 2. The Morgan fingerprint density at radius 3 is 1.63 bits per heavy atom. The predicted octanol–water partition coefficient (Wildman–Crippen LogP) is 16.4. The molecule has 0 aliphatic heterocycles. The van der Waals surface area contributed by atoms with Gasteiger partial charge in [0, 0.05) is 21.9 Å². The summed E-state index contributed by atoms with van der Waals surface area (Å²) in [6.45, 7) is 0. The first-order chi connectivity index (χ1) is 32.2. The van der Waals surface area contributed by atoms with Crippen LogP contribution in [0.2, 0.25) is 0 Å². The smallest absolute Gasteiger partial charge is 0.167 e. The second kappa shape index (κ2) is 15.0. The fourth-order valence-corrected chi connectivity index (χ4v) is 9.82. The second-order valence-electron chi connectivity index (χ2n) is 16.7. The van der Waals surface area contributed by atoms with Gasteiger partial charge in [-0.15, -0.1) is 0 Å². The van der Waals surface area contributed by atoms with Crippen molar-refractivity contribution < 1.29 is 4.42 Å². The standard InChI is InChI=1S/C61H37N3O/c1-2-14-38(15-3-1)42-30-28-39-29-31-43(37-44(39)36-42)46-34-35-54(50-22-9-8-21-48(46)50)59-62-60(55-26-13-25-53-51-23-10-11-27-56(51)65-58(53)55)64-61(63-59)57-47-20-7-5-17-41(47)32-33-52(57)49-24-12-18-40-16-4-6-19-45(40)49/h1-37H. The normalized spacial score (nSPS) is 11.7. The predicted molar refractivity (Wildman–Crippen MR) is 270 cm³/mol. The minimum atomic E-state index is 0.545. The van der Waals surface area contributed by atoms with Gasteiger partial charge in [-0.1, -0.05) is 194 Å². The van der Waals surface area contributed by atoms with E-state index in [9.17, 15) is 0 Å². The zero-order valence-electron chi connectivity index (χ0n) is 35.1. The minimum absolute atomic E-state index is 0.545. The summed E-state index contributed by atoms with van der Waals surface area (Å²) in [5.41, 5.74) is 11.1. The van der Waals surface area contributed by atoms with Gasteiger partial charge in [0.1, 0.15) is 11.2 Å². The number of nitrogens with zero attached hydrogens (tertiary/aromatic N) is 3. The molecule has 65 heavy (non-hydrogen) atoms. The second-order valence-corrected chi connectivity index (χ2v) is 16.7. The van der Waals surface area contributed by atoms with E-state index in [0.29, 0.717) is 17.5 Å². The first-order valence-electron chi connectivity index (χ1n) is 22.0. The number of benzene rings is 11. The average molecular weight is 828 g/mol. The Hall–Kier alpha value is -8.73. The molecule has 0 bridgehead atoms. The van der Waals surface area contributed by atoms with Gasteiger partial charge in [0.15, 0.2) is 17.5 Å². The Kier molecular flexibility index (Phi) is 8.50. The van der Waals surface area contributed by atoms with Crippen LogP contribution in [0.15, 0.2) is 229 Å². The van der Waals surface area contributed by atoms with E-state index in [1.807, 2.05) is 18.2 Å². The highest BCUT2D eigenvalue weighted by atomic mass is 16.3. The summed E-state index contributed by atoms with van der Waals surface area (Å²) >= 11 is 0. The molecule has 0 saturated carbocycles. The summed E-state index contributed by atoms with van der Waals surface area (Å²) in [5, 5.41) is 11.2. The van der Waals surface area contributed by atoms with Crippen LogP contribution in [-0.4, -0.2) is 15.0 Å². The number of furan rings is 1. The molecule has 0 aliphatic carbocycles. The number of fused-ring (bicyclic) bond motifs is 7. The fourth-order valence-electron chi connectivity index (χ4n) is 9.82. The maximum atomic E-state index is 6.64. The van der Waals surface area contributed by atoms with Crippen LogP contribution in [0.5, 0.6) is 0 Å². The van der Waals surface area contributed by atoms with E-state index in [1.165, 1.54) is 32.7 Å².